The zero-order valence-corrected chi connectivity index (χ0v) is 10.4. The Kier molecular flexibility index (Phi) is 3.76. The van der Waals surface area contributed by atoms with Gasteiger partial charge in [0.15, 0.2) is 0 Å². The van der Waals surface area contributed by atoms with Gasteiger partial charge < -0.3 is 5.32 Å². The second-order valence-corrected chi connectivity index (χ2v) is 4.21. The first-order chi connectivity index (χ1) is 8.29. The van der Waals surface area contributed by atoms with Crippen LogP contribution < -0.4 is 5.32 Å². The van der Waals surface area contributed by atoms with Crippen LogP contribution in [-0.4, -0.2) is 4.98 Å². The molecule has 0 aliphatic carbocycles. The smallest absolute Gasteiger partial charge is 0.0418 e. The number of aryl methyl sites for hydroxylation is 2. The minimum atomic E-state index is 0.826. The lowest BCUT2D eigenvalue weighted by atomic mass is 10.1. The Balaban J connectivity index is 2.05. The second-order valence-electron chi connectivity index (χ2n) is 4.21. The van der Waals surface area contributed by atoms with Gasteiger partial charge in [0.2, 0.25) is 0 Å². The number of benzene rings is 1. The number of nitrogens with one attached hydrogen (secondary N) is 1. The normalized spacial score (nSPS) is 10.2. The molecule has 1 aromatic carbocycles. The highest BCUT2D eigenvalue weighted by Crippen LogP contribution is 2.13. The minimum Gasteiger partial charge on any atom is -0.381 e. The summed E-state index contributed by atoms with van der Waals surface area (Å²) in [6.45, 7) is 5.11. The molecule has 0 saturated carbocycles. The molecule has 0 amide bonds. The zero-order chi connectivity index (χ0) is 12.1. The molecular formula is C15H18N2. The van der Waals surface area contributed by atoms with Gasteiger partial charge >= 0.3 is 0 Å². The molecule has 1 aromatic heterocycles. The Morgan fingerprint density at radius 3 is 2.88 bits per heavy atom. The van der Waals surface area contributed by atoms with E-state index in [9.17, 15) is 0 Å². The first kappa shape index (κ1) is 11.6. The molecule has 2 aromatic rings. The number of pyridine rings is 1. The van der Waals surface area contributed by atoms with Crippen molar-refractivity contribution in [3.8, 4) is 0 Å². The molecule has 2 rings (SSSR count). The van der Waals surface area contributed by atoms with Crippen molar-refractivity contribution in [2.75, 3.05) is 5.32 Å². The summed E-state index contributed by atoms with van der Waals surface area (Å²) in [7, 11) is 0. The number of nitrogens with zero attached hydrogens (tertiary/aromatic N) is 1. The fourth-order valence-electron chi connectivity index (χ4n) is 1.78. The molecule has 0 atom stereocenters. The van der Waals surface area contributed by atoms with Crippen LogP contribution in [0.1, 0.15) is 23.6 Å². The topological polar surface area (TPSA) is 24.9 Å². The minimum absolute atomic E-state index is 0.826. The van der Waals surface area contributed by atoms with E-state index in [1.165, 1.54) is 22.4 Å². The van der Waals surface area contributed by atoms with Crippen molar-refractivity contribution in [3.63, 3.8) is 0 Å². The van der Waals surface area contributed by atoms with E-state index in [4.69, 9.17) is 0 Å². The molecule has 1 heterocycles. The van der Waals surface area contributed by atoms with Crippen LogP contribution in [0.25, 0.3) is 0 Å². The van der Waals surface area contributed by atoms with E-state index in [0.29, 0.717) is 0 Å². The Bertz CT molecular complexity index is 492. The van der Waals surface area contributed by atoms with Gasteiger partial charge in [-0.1, -0.05) is 19.1 Å². The highest BCUT2D eigenvalue weighted by molar-refractivity contribution is 5.46. The van der Waals surface area contributed by atoms with E-state index >= 15 is 0 Å². The third-order valence-electron chi connectivity index (χ3n) is 2.97. The summed E-state index contributed by atoms with van der Waals surface area (Å²) in [5.74, 6) is 0. The van der Waals surface area contributed by atoms with E-state index < -0.39 is 0 Å². The molecule has 2 heteroatoms. The average molecular weight is 226 g/mol. The van der Waals surface area contributed by atoms with Crippen LogP contribution in [0.3, 0.4) is 0 Å². The molecule has 0 aliphatic rings. The fourth-order valence-corrected chi connectivity index (χ4v) is 1.78. The van der Waals surface area contributed by atoms with Crippen molar-refractivity contribution in [2.45, 2.75) is 26.8 Å². The summed E-state index contributed by atoms with van der Waals surface area (Å²) in [4.78, 5) is 4.15. The monoisotopic (exact) mass is 226 g/mol. The summed E-state index contributed by atoms with van der Waals surface area (Å²) >= 11 is 0. The van der Waals surface area contributed by atoms with Crippen LogP contribution in [0.15, 0.2) is 42.7 Å². The molecule has 17 heavy (non-hydrogen) atoms. The van der Waals surface area contributed by atoms with E-state index in [-0.39, 0.29) is 0 Å². The lowest BCUT2D eigenvalue weighted by Crippen LogP contribution is -2.02. The van der Waals surface area contributed by atoms with Crippen molar-refractivity contribution < 1.29 is 0 Å². The van der Waals surface area contributed by atoms with Crippen LogP contribution in [0.2, 0.25) is 0 Å². The van der Waals surface area contributed by atoms with Crippen LogP contribution in [0.4, 0.5) is 5.69 Å². The van der Waals surface area contributed by atoms with Gasteiger partial charge in [-0.3, -0.25) is 4.98 Å². The Labute approximate surface area is 103 Å². The highest BCUT2D eigenvalue weighted by atomic mass is 14.9. The van der Waals surface area contributed by atoms with Crippen molar-refractivity contribution in [1.82, 2.24) is 4.98 Å². The Hall–Kier alpha value is -1.83. The van der Waals surface area contributed by atoms with Crippen LogP contribution in [0, 0.1) is 6.92 Å². The summed E-state index contributed by atoms with van der Waals surface area (Å²) in [6, 6.07) is 10.6. The quantitative estimate of drug-likeness (QED) is 0.862. The number of hydrogen-bond acceptors (Lipinski definition) is 2. The van der Waals surface area contributed by atoms with Gasteiger partial charge in [0.05, 0.1) is 0 Å². The van der Waals surface area contributed by atoms with Crippen LogP contribution in [-0.2, 0) is 13.0 Å². The van der Waals surface area contributed by atoms with Gasteiger partial charge in [0.1, 0.15) is 0 Å². The summed E-state index contributed by atoms with van der Waals surface area (Å²) < 4.78 is 0. The number of anilines is 1. The maximum atomic E-state index is 4.15. The molecule has 0 radical (unpaired) electrons. The summed E-state index contributed by atoms with van der Waals surface area (Å²) in [5, 5.41) is 3.44. The predicted molar refractivity (Wildman–Crippen MR) is 72.1 cm³/mol. The second kappa shape index (κ2) is 5.48. The van der Waals surface area contributed by atoms with Gasteiger partial charge in [-0.15, -0.1) is 0 Å². The molecule has 0 aliphatic heterocycles. The number of aromatic nitrogens is 1. The van der Waals surface area contributed by atoms with Crippen molar-refractivity contribution >= 4 is 5.69 Å². The van der Waals surface area contributed by atoms with Crippen molar-refractivity contribution in [3.05, 3.63) is 59.4 Å². The van der Waals surface area contributed by atoms with Crippen molar-refractivity contribution in [1.29, 1.82) is 0 Å². The molecule has 0 bridgehead atoms. The van der Waals surface area contributed by atoms with Crippen LogP contribution >= 0.6 is 0 Å². The van der Waals surface area contributed by atoms with Gasteiger partial charge in [0.25, 0.3) is 0 Å². The largest absolute Gasteiger partial charge is 0.381 e. The van der Waals surface area contributed by atoms with E-state index in [2.05, 4.69) is 48.4 Å². The van der Waals surface area contributed by atoms with Gasteiger partial charge in [-0.2, -0.15) is 0 Å². The van der Waals surface area contributed by atoms with Gasteiger partial charge in [-0.05, 0) is 48.2 Å². The molecule has 0 spiro atoms. The van der Waals surface area contributed by atoms with E-state index in [1.54, 1.807) is 0 Å². The maximum Gasteiger partial charge on any atom is 0.0418 e. The molecule has 0 saturated heterocycles. The zero-order valence-electron chi connectivity index (χ0n) is 10.4. The first-order valence-corrected chi connectivity index (χ1v) is 6.02. The summed E-state index contributed by atoms with van der Waals surface area (Å²) in [6.07, 6.45) is 4.82. The summed E-state index contributed by atoms with van der Waals surface area (Å²) in [5.41, 5.74) is 5.05. The van der Waals surface area contributed by atoms with Gasteiger partial charge in [0, 0.05) is 24.6 Å². The third-order valence-corrected chi connectivity index (χ3v) is 2.97. The fraction of sp³-hybridized carbons (Fsp3) is 0.267. The van der Waals surface area contributed by atoms with Crippen LogP contribution in [0.5, 0.6) is 0 Å². The van der Waals surface area contributed by atoms with E-state index in [0.717, 1.165) is 13.0 Å². The van der Waals surface area contributed by atoms with E-state index in [1.807, 2.05) is 18.5 Å². The standard InChI is InChI=1S/C15H18N2/c1-3-13-5-4-6-15(9-13)17-11-14-10-16-8-7-12(14)2/h4-10,17H,3,11H2,1-2H3. The van der Waals surface area contributed by atoms with Gasteiger partial charge in [-0.25, -0.2) is 0 Å². The average Bonchev–Trinajstić information content (AvgIpc) is 2.38. The molecule has 88 valence electrons. The molecule has 0 unspecified atom stereocenters. The molecule has 1 N–H and O–H groups in total. The predicted octanol–water partition coefficient (Wildman–Crippen LogP) is 3.56. The number of hydrogen-bond donors (Lipinski definition) is 1. The Morgan fingerprint density at radius 1 is 1.24 bits per heavy atom. The lowest BCUT2D eigenvalue weighted by Gasteiger charge is -2.09. The SMILES string of the molecule is CCc1cccc(NCc2cnccc2C)c1. The first-order valence-electron chi connectivity index (χ1n) is 6.02. The van der Waals surface area contributed by atoms with Crippen molar-refractivity contribution in [2.24, 2.45) is 0 Å². The third kappa shape index (κ3) is 3.06. The maximum absolute atomic E-state index is 4.15. The molecule has 2 nitrogen and oxygen atoms in total. The molecule has 0 fully saturated rings. The number of rotatable bonds is 4. The Morgan fingerprint density at radius 2 is 2.12 bits per heavy atom. The highest BCUT2D eigenvalue weighted by Gasteiger charge is 1.98. The lowest BCUT2D eigenvalue weighted by molar-refractivity contribution is 1.07. The molecular weight excluding hydrogens is 208 g/mol.